The molecule has 0 bridgehead atoms. The normalized spacial score (nSPS) is 10.5. The Kier molecular flexibility index (Phi) is 5.37. The molecule has 0 radical (unpaired) electrons. The Bertz CT molecular complexity index is 848. The van der Waals surface area contributed by atoms with Gasteiger partial charge in [0.25, 0.3) is 0 Å². The van der Waals surface area contributed by atoms with Crippen LogP contribution in [0.1, 0.15) is 24.2 Å². The third kappa shape index (κ3) is 4.42. The lowest BCUT2D eigenvalue weighted by Crippen LogP contribution is -2.31. The summed E-state index contributed by atoms with van der Waals surface area (Å²) in [6, 6.07) is 13.7. The zero-order chi connectivity index (χ0) is 17.5. The van der Waals surface area contributed by atoms with Gasteiger partial charge in [-0.15, -0.1) is 0 Å². The lowest BCUT2D eigenvalue weighted by molar-refractivity contribution is -0.131. The van der Waals surface area contributed by atoms with Crippen LogP contribution in [0.2, 0.25) is 0 Å². The fourth-order valence-corrected chi connectivity index (χ4v) is 2.70. The predicted octanol–water partition coefficient (Wildman–Crippen LogP) is 2.83. The van der Waals surface area contributed by atoms with Gasteiger partial charge in [-0.2, -0.15) is 5.26 Å². The smallest absolute Gasteiger partial charge is 0.223 e. The molecule has 25 heavy (non-hydrogen) atoms. The van der Waals surface area contributed by atoms with Crippen LogP contribution in [-0.2, 0) is 17.8 Å². The second-order valence-electron chi connectivity index (χ2n) is 5.79. The first kappa shape index (κ1) is 16.7. The molecule has 2 aromatic heterocycles. The lowest BCUT2D eigenvalue weighted by atomic mass is 10.2. The van der Waals surface area contributed by atoms with Crippen LogP contribution in [0, 0.1) is 11.3 Å². The number of fused-ring (bicyclic) bond motifs is 1. The first-order chi connectivity index (χ1) is 12.3. The third-order valence-electron chi connectivity index (χ3n) is 3.96. The molecule has 3 rings (SSSR count). The van der Waals surface area contributed by atoms with Crippen LogP contribution >= 0.6 is 0 Å². The first-order valence-electron chi connectivity index (χ1n) is 8.23. The van der Waals surface area contributed by atoms with E-state index in [4.69, 9.17) is 5.26 Å². The molecule has 0 aliphatic heterocycles. The molecule has 0 saturated carbocycles. The Morgan fingerprint density at radius 1 is 1.24 bits per heavy atom. The van der Waals surface area contributed by atoms with Crippen LogP contribution in [0.4, 0.5) is 0 Å². The maximum atomic E-state index is 12.6. The van der Waals surface area contributed by atoms with Gasteiger partial charge < -0.3 is 9.88 Å². The van der Waals surface area contributed by atoms with E-state index in [0.717, 1.165) is 22.4 Å². The summed E-state index contributed by atoms with van der Waals surface area (Å²) in [6.07, 6.45) is 4.66. The number of amides is 1. The molecule has 0 spiro atoms. The topological polar surface area (TPSA) is 85.7 Å². The van der Waals surface area contributed by atoms with E-state index in [2.05, 4.69) is 21.0 Å². The van der Waals surface area contributed by atoms with Gasteiger partial charge in [0, 0.05) is 38.3 Å². The van der Waals surface area contributed by atoms with E-state index in [1.54, 1.807) is 17.3 Å². The van der Waals surface area contributed by atoms with E-state index < -0.39 is 0 Å². The summed E-state index contributed by atoms with van der Waals surface area (Å²) < 4.78 is 0. The molecule has 6 heteroatoms. The largest absolute Gasteiger partial charge is 0.342 e. The fraction of sp³-hybridized carbons (Fsp3) is 0.263. The average molecular weight is 333 g/mol. The van der Waals surface area contributed by atoms with Gasteiger partial charge in [-0.25, -0.2) is 4.98 Å². The number of nitrogens with zero attached hydrogens (tertiary/aromatic N) is 4. The summed E-state index contributed by atoms with van der Waals surface area (Å²) in [5.74, 6) is 0.815. The molecule has 0 aliphatic carbocycles. The van der Waals surface area contributed by atoms with Gasteiger partial charge in [-0.3, -0.25) is 9.78 Å². The van der Waals surface area contributed by atoms with E-state index >= 15 is 0 Å². The van der Waals surface area contributed by atoms with Crippen molar-refractivity contribution in [1.82, 2.24) is 19.9 Å². The monoisotopic (exact) mass is 333 g/mol. The van der Waals surface area contributed by atoms with Gasteiger partial charge in [0.1, 0.15) is 5.82 Å². The maximum absolute atomic E-state index is 12.6. The quantitative estimate of drug-likeness (QED) is 0.720. The number of benzene rings is 1. The van der Waals surface area contributed by atoms with Crippen LogP contribution in [0.3, 0.4) is 0 Å². The van der Waals surface area contributed by atoms with E-state index in [0.29, 0.717) is 32.4 Å². The molecule has 1 N–H and O–H groups in total. The van der Waals surface area contributed by atoms with Crippen LogP contribution in [0.25, 0.3) is 11.0 Å². The highest BCUT2D eigenvalue weighted by Gasteiger charge is 2.15. The number of imidazole rings is 1. The minimum absolute atomic E-state index is 0.0135. The highest BCUT2D eigenvalue weighted by atomic mass is 16.2. The number of nitriles is 1. The maximum Gasteiger partial charge on any atom is 0.223 e. The number of hydrogen-bond donors (Lipinski definition) is 1. The summed E-state index contributed by atoms with van der Waals surface area (Å²) in [6.45, 7) is 0.888. The van der Waals surface area contributed by atoms with Gasteiger partial charge in [-0.05, 0) is 23.8 Å². The van der Waals surface area contributed by atoms with E-state index in [-0.39, 0.29) is 5.91 Å². The molecular weight excluding hydrogens is 314 g/mol. The molecule has 6 nitrogen and oxygen atoms in total. The van der Waals surface area contributed by atoms with Crippen molar-refractivity contribution >= 4 is 16.9 Å². The van der Waals surface area contributed by atoms with Crippen molar-refractivity contribution in [1.29, 1.82) is 5.26 Å². The molecule has 0 aliphatic rings. The van der Waals surface area contributed by atoms with Crippen LogP contribution in [0.15, 0.2) is 48.8 Å². The van der Waals surface area contributed by atoms with Crippen LogP contribution in [-0.4, -0.2) is 32.3 Å². The number of aromatic amines is 1. The number of carbonyl (C=O) groups is 1. The molecule has 0 atom stereocenters. The highest BCUT2D eigenvalue weighted by Crippen LogP contribution is 2.13. The second-order valence-corrected chi connectivity index (χ2v) is 5.79. The molecule has 3 aromatic rings. The molecule has 1 aromatic carbocycles. The summed E-state index contributed by atoms with van der Waals surface area (Å²) in [5.41, 5.74) is 2.83. The van der Waals surface area contributed by atoms with E-state index in [1.807, 2.05) is 36.4 Å². The van der Waals surface area contributed by atoms with Gasteiger partial charge in [0.2, 0.25) is 5.91 Å². The van der Waals surface area contributed by atoms with Crippen molar-refractivity contribution in [2.75, 3.05) is 6.54 Å². The first-order valence-corrected chi connectivity index (χ1v) is 8.23. The fourth-order valence-electron chi connectivity index (χ4n) is 2.70. The number of pyridine rings is 1. The lowest BCUT2D eigenvalue weighted by Gasteiger charge is -2.21. The van der Waals surface area contributed by atoms with Gasteiger partial charge >= 0.3 is 0 Å². The van der Waals surface area contributed by atoms with Crippen LogP contribution < -0.4 is 0 Å². The van der Waals surface area contributed by atoms with Crippen molar-refractivity contribution in [2.24, 2.45) is 0 Å². The minimum atomic E-state index is 0.0135. The van der Waals surface area contributed by atoms with Crippen molar-refractivity contribution < 1.29 is 4.79 Å². The molecular formula is C19H19N5O. The number of para-hydroxylation sites is 2. The molecule has 0 saturated heterocycles. The number of carbonyl (C=O) groups excluding carboxylic acids is 1. The Morgan fingerprint density at radius 3 is 2.88 bits per heavy atom. The second kappa shape index (κ2) is 8.06. The Morgan fingerprint density at radius 2 is 2.12 bits per heavy atom. The molecule has 2 heterocycles. The number of aryl methyl sites for hydroxylation is 1. The highest BCUT2D eigenvalue weighted by molar-refractivity contribution is 5.77. The average Bonchev–Trinajstić information content (AvgIpc) is 3.07. The molecule has 1 amide bonds. The number of hydrogen-bond acceptors (Lipinski definition) is 4. The zero-order valence-corrected chi connectivity index (χ0v) is 13.9. The van der Waals surface area contributed by atoms with Crippen LogP contribution in [0.5, 0.6) is 0 Å². The molecule has 0 unspecified atom stereocenters. The third-order valence-corrected chi connectivity index (χ3v) is 3.96. The Labute approximate surface area is 146 Å². The summed E-state index contributed by atoms with van der Waals surface area (Å²) in [5, 5.41) is 8.84. The summed E-state index contributed by atoms with van der Waals surface area (Å²) in [4.78, 5) is 26.1. The molecule has 126 valence electrons. The number of H-pyrrole nitrogens is 1. The standard InChI is InChI=1S/C19H19N5O/c20-10-4-12-24(14-15-5-3-11-21-13-15)19(25)9-8-18-22-16-6-1-2-7-17(16)23-18/h1-3,5-7,11,13H,4,8-9,12,14H2,(H,22,23). The summed E-state index contributed by atoms with van der Waals surface area (Å²) >= 11 is 0. The summed E-state index contributed by atoms with van der Waals surface area (Å²) in [7, 11) is 0. The number of aromatic nitrogens is 3. The van der Waals surface area contributed by atoms with Gasteiger partial charge in [-0.1, -0.05) is 18.2 Å². The number of rotatable bonds is 7. The van der Waals surface area contributed by atoms with E-state index in [9.17, 15) is 4.79 Å². The molecule has 0 fully saturated rings. The van der Waals surface area contributed by atoms with Crippen molar-refractivity contribution in [2.45, 2.75) is 25.8 Å². The van der Waals surface area contributed by atoms with Crippen molar-refractivity contribution in [3.05, 3.63) is 60.2 Å². The van der Waals surface area contributed by atoms with E-state index in [1.165, 1.54) is 0 Å². The van der Waals surface area contributed by atoms with Gasteiger partial charge in [0.15, 0.2) is 0 Å². The van der Waals surface area contributed by atoms with Crippen molar-refractivity contribution in [3.63, 3.8) is 0 Å². The predicted molar refractivity (Wildman–Crippen MR) is 94.3 cm³/mol. The van der Waals surface area contributed by atoms with Gasteiger partial charge in [0.05, 0.1) is 23.5 Å². The SMILES string of the molecule is N#CCCN(Cc1cccnc1)C(=O)CCc1nc2ccccc2[nH]1. The number of nitrogens with one attached hydrogen (secondary N) is 1. The van der Waals surface area contributed by atoms with Crippen molar-refractivity contribution in [3.8, 4) is 6.07 Å². The zero-order valence-electron chi connectivity index (χ0n) is 13.9. The Hall–Kier alpha value is -3.20. The minimum Gasteiger partial charge on any atom is -0.342 e. The Balaban J connectivity index is 1.63.